The summed E-state index contributed by atoms with van der Waals surface area (Å²) in [6, 6.07) is 0.456. The van der Waals surface area contributed by atoms with Crippen LogP contribution in [0.15, 0.2) is 0 Å². The summed E-state index contributed by atoms with van der Waals surface area (Å²) < 4.78 is 5.66. The first-order valence-electron chi connectivity index (χ1n) is 7.50. The van der Waals surface area contributed by atoms with Crippen LogP contribution in [0.5, 0.6) is 0 Å². The standard InChI is InChI=1S/C15H27N3OS/c1-10(2)8-16-9-14-11(3)17-15(20-14)18(5)13-6-7-19-12(13)4/h10,12-13,16H,6-9H2,1-5H3. The fourth-order valence-electron chi connectivity index (χ4n) is 2.57. The number of aryl methyl sites for hydroxylation is 1. The molecule has 0 aromatic carbocycles. The molecule has 2 atom stereocenters. The zero-order valence-electron chi connectivity index (χ0n) is 13.3. The molecule has 1 N–H and O–H groups in total. The van der Waals surface area contributed by atoms with Crippen molar-refractivity contribution in [3.05, 3.63) is 10.6 Å². The molecule has 0 amide bonds. The fourth-order valence-corrected chi connectivity index (χ4v) is 3.62. The van der Waals surface area contributed by atoms with Crippen LogP contribution in [-0.4, -0.2) is 37.3 Å². The molecule has 114 valence electrons. The van der Waals surface area contributed by atoms with Crippen molar-refractivity contribution >= 4 is 16.5 Å². The number of likely N-dealkylation sites (N-methyl/N-ethyl adjacent to an activating group) is 1. The van der Waals surface area contributed by atoms with Crippen molar-refractivity contribution < 1.29 is 4.74 Å². The molecule has 20 heavy (non-hydrogen) atoms. The van der Waals surface area contributed by atoms with Gasteiger partial charge in [-0.15, -0.1) is 11.3 Å². The maximum absolute atomic E-state index is 5.66. The third-order valence-corrected chi connectivity index (χ3v) is 5.10. The summed E-state index contributed by atoms with van der Waals surface area (Å²) >= 11 is 1.80. The van der Waals surface area contributed by atoms with Gasteiger partial charge in [-0.3, -0.25) is 0 Å². The minimum atomic E-state index is 0.298. The van der Waals surface area contributed by atoms with Crippen molar-refractivity contribution in [2.75, 3.05) is 25.1 Å². The first kappa shape index (κ1) is 15.7. The number of nitrogens with one attached hydrogen (secondary N) is 1. The minimum absolute atomic E-state index is 0.298. The van der Waals surface area contributed by atoms with E-state index in [1.807, 2.05) is 0 Å². The molecule has 1 aliphatic heterocycles. The fraction of sp³-hybridized carbons (Fsp3) is 0.800. The summed E-state index contributed by atoms with van der Waals surface area (Å²) in [5.41, 5.74) is 1.15. The molecule has 0 spiro atoms. The lowest BCUT2D eigenvalue weighted by atomic mass is 10.1. The highest BCUT2D eigenvalue weighted by atomic mass is 32.1. The van der Waals surface area contributed by atoms with E-state index >= 15 is 0 Å². The van der Waals surface area contributed by atoms with Crippen LogP contribution in [-0.2, 0) is 11.3 Å². The molecule has 2 heterocycles. The van der Waals surface area contributed by atoms with Crippen LogP contribution in [0.25, 0.3) is 0 Å². The van der Waals surface area contributed by atoms with Gasteiger partial charge in [0.05, 0.1) is 17.8 Å². The van der Waals surface area contributed by atoms with Gasteiger partial charge in [0, 0.05) is 25.1 Å². The van der Waals surface area contributed by atoms with E-state index in [9.17, 15) is 0 Å². The summed E-state index contributed by atoms with van der Waals surface area (Å²) in [6.07, 6.45) is 1.39. The van der Waals surface area contributed by atoms with E-state index < -0.39 is 0 Å². The lowest BCUT2D eigenvalue weighted by molar-refractivity contribution is 0.118. The topological polar surface area (TPSA) is 37.4 Å². The van der Waals surface area contributed by atoms with E-state index in [2.05, 4.69) is 45.0 Å². The van der Waals surface area contributed by atoms with Gasteiger partial charge in [-0.05, 0) is 32.7 Å². The number of aromatic nitrogens is 1. The second-order valence-electron chi connectivity index (χ2n) is 6.07. The average molecular weight is 297 g/mol. The van der Waals surface area contributed by atoms with Gasteiger partial charge in [0.2, 0.25) is 0 Å². The van der Waals surface area contributed by atoms with Gasteiger partial charge in [-0.2, -0.15) is 0 Å². The maximum Gasteiger partial charge on any atom is 0.185 e. The Hall–Kier alpha value is -0.650. The summed E-state index contributed by atoms with van der Waals surface area (Å²) in [5.74, 6) is 0.682. The highest BCUT2D eigenvalue weighted by molar-refractivity contribution is 7.15. The first-order valence-corrected chi connectivity index (χ1v) is 8.32. The Balaban J connectivity index is 1.99. The van der Waals surface area contributed by atoms with E-state index in [0.29, 0.717) is 18.1 Å². The number of nitrogens with zero attached hydrogens (tertiary/aromatic N) is 2. The number of thiazole rings is 1. The van der Waals surface area contributed by atoms with E-state index in [0.717, 1.165) is 36.9 Å². The highest BCUT2D eigenvalue weighted by Gasteiger charge is 2.29. The highest BCUT2D eigenvalue weighted by Crippen LogP contribution is 2.30. The normalized spacial score (nSPS) is 22.7. The van der Waals surface area contributed by atoms with Crippen molar-refractivity contribution in [1.82, 2.24) is 10.3 Å². The van der Waals surface area contributed by atoms with Crippen LogP contribution < -0.4 is 10.2 Å². The second kappa shape index (κ2) is 6.87. The molecule has 5 heteroatoms. The molecular weight excluding hydrogens is 270 g/mol. The largest absolute Gasteiger partial charge is 0.376 e. The second-order valence-corrected chi connectivity index (χ2v) is 7.13. The SMILES string of the molecule is Cc1nc(N(C)C2CCOC2C)sc1CNCC(C)C. The van der Waals surface area contributed by atoms with E-state index in [1.165, 1.54) is 4.88 Å². The van der Waals surface area contributed by atoms with Crippen LogP contribution in [0, 0.1) is 12.8 Å². The molecule has 1 aromatic rings. The van der Waals surface area contributed by atoms with Crippen molar-refractivity contribution in [2.24, 2.45) is 5.92 Å². The lowest BCUT2D eigenvalue weighted by Crippen LogP contribution is -2.36. The molecule has 0 saturated carbocycles. The maximum atomic E-state index is 5.66. The third-order valence-electron chi connectivity index (χ3n) is 3.85. The van der Waals surface area contributed by atoms with Gasteiger partial charge in [0.1, 0.15) is 0 Å². The van der Waals surface area contributed by atoms with Crippen molar-refractivity contribution in [3.8, 4) is 0 Å². The molecule has 0 aliphatic carbocycles. The summed E-state index contributed by atoms with van der Waals surface area (Å²) in [4.78, 5) is 8.38. The molecular formula is C15H27N3OS. The van der Waals surface area contributed by atoms with E-state index in [-0.39, 0.29) is 0 Å². The summed E-state index contributed by atoms with van der Waals surface area (Å²) in [6.45, 7) is 11.6. The van der Waals surface area contributed by atoms with Gasteiger partial charge in [-0.25, -0.2) is 4.98 Å². The Kier molecular flexibility index (Phi) is 5.41. The zero-order chi connectivity index (χ0) is 14.7. The van der Waals surface area contributed by atoms with Crippen LogP contribution in [0.3, 0.4) is 0 Å². The first-order chi connectivity index (χ1) is 9.49. The van der Waals surface area contributed by atoms with Crippen LogP contribution in [0.2, 0.25) is 0 Å². The quantitative estimate of drug-likeness (QED) is 0.876. The number of hydrogen-bond donors (Lipinski definition) is 1. The third kappa shape index (κ3) is 3.71. The molecule has 2 unspecified atom stereocenters. The molecule has 0 radical (unpaired) electrons. The number of anilines is 1. The van der Waals surface area contributed by atoms with Gasteiger partial charge < -0.3 is 15.0 Å². The molecule has 2 rings (SSSR count). The van der Waals surface area contributed by atoms with Crippen molar-refractivity contribution in [3.63, 3.8) is 0 Å². The number of ether oxygens (including phenoxy) is 1. The van der Waals surface area contributed by atoms with Gasteiger partial charge in [0.25, 0.3) is 0 Å². The molecule has 1 saturated heterocycles. The van der Waals surface area contributed by atoms with Gasteiger partial charge in [0.15, 0.2) is 5.13 Å². The summed E-state index contributed by atoms with van der Waals surface area (Å²) in [5, 5.41) is 4.62. The van der Waals surface area contributed by atoms with Gasteiger partial charge >= 0.3 is 0 Å². The Morgan fingerprint density at radius 1 is 1.50 bits per heavy atom. The predicted molar refractivity (Wildman–Crippen MR) is 85.6 cm³/mol. The van der Waals surface area contributed by atoms with E-state index in [1.54, 1.807) is 11.3 Å². The number of rotatable bonds is 6. The van der Waals surface area contributed by atoms with Crippen molar-refractivity contribution in [2.45, 2.75) is 52.8 Å². The lowest BCUT2D eigenvalue weighted by Gasteiger charge is -2.26. The Morgan fingerprint density at radius 3 is 2.85 bits per heavy atom. The van der Waals surface area contributed by atoms with Gasteiger partial charge in [-0.1, -0.05) is 13.8 Å². The molecule has 0 bridgehead atoms. The smallest absolute Gasteiger partial charge is 0.185 e. The Morgan fingerprint density at radius 2 is 2.25 bits per heavy atom. The molecule has 1 aromatic heterocycles. The molecule has 1 aliphatic rings. The monoisotopic (exact) mass is 297 g/mol. The molecule has 4 nitrogen and oxygen atoms in total. The number of hydrogen-bond acceptors (Lipinski definition) is 5. The van der Waals surface area contributed by atoms with Crippen LogP contribution in [0.4, 0.5) is 5.13 Å². The van der Waals surface area contributed by atoms with Crippen molar-refractivity contribution in [1.29, 1.82) is 0 Å². The predicted octanol–water partition coefficient (Wildman–Crippen LogP) is 2.81. The Labute approximate surface area is 126 Å². The minimum Gasteiger partial charge on any atom is -0.376 e. The van der Waals surface area contributed by atoms with Crippen LogP contribution >= 0.6 is 11.3 Å². The molecule has 1 fully saturated rings. The summed E-state index contributed by atoms with van der Waals surface area (Å²) in [7, 11) is 2.14. The van der Waals surface area contributed by atoms with Crippen LogP contribution in [0.1, 0.15) is 37.8 Å². The average Bonchev–Trinajstić information content (AvgIpc) is 2.95. The Bertz CT molecular complexity index is 433. The van der Waals surface area contributed by atoms with E-state index in [4.69, 9.17) is 9.72 Å². The zero-order valence-corrected chi connectivity index (χ0v) is 14.1.